The molecule has 1 heterocycles. The summed E-state index contributed by atoms with van der Waals surface area (Å²) >= 11 is 0. The molecule has 0 aliphatic rings. The van der Waals surface area contributed by atoms with Crippen molar-refractivity contribution >= 4 is 0 Å². The zero-order chi connectivity index (χ0) is 16.1. The zero-order valence-electron chi connectivity index (χ0n) is 12.5. The fourth-order valence-electron chi connectivity index (χ4n) is 2.19. The first-order valence-electron chi connectivity index (χ1n) is 6.96. The summed E-state index contributed by atoms with van der Waals surface area (Å²) in [7, 11) is 0. The zero-order valence-corrected chi connectivity index (χ0v) is 12.5. The molecular formula is C14H21F3N4. The van der Waals surface area contributed by atoms with Crippen LogP contribution in [0.2, 0.25) is 0 Å². The number of unbranched alkanes of at least 4 members (excludes halogenated alkanes) is 1. The summed E-state index contributed by atoms with van der Waals surface area (Å²) in [5.41, 5.74) is -1.47. The Morgan fingerprint density at radius 2 is 2.05 bits per heavy atom. The Kier molecular flexibility index (Phi) is 5.78. The van der Waals surface area contributed by atoms with Crippen LogP contribution in [0.5, 0.6) is 0 Å². The van der Waals surface area contributed by atoms with Gasteiger partial charge >= 0.3 is 6.18 Å². The van der Waals surface area contributed by atoms with Crippen LogP contribution in [0.1, 0.15) is 45.7 Å². The van der Waals surface area contributed by atoms with Crippen molar-refractivity contribution in [1.82, 2.24) is 15.1 Å². The molecule has 1 aromatic rings. The molecule has 0 saturated heterocycles. The van der Waals surface area contributed by atoms with Gasteiger partial charge in [0.1, 0.15) is 5.54 Å². The van der Waals surface area contributed by atoms with Crippen LogP contribution in [-0.4, -0.2) is 21.4 Å². The highest BCUT2D eigenvalue weighted by Gasteiger charge is 2.33. The average Bonchev–Trinajstić information content (AvgIpc) is 2.82. The summed E-state index contributed by atoms with van der Waals surface area (Å²) < 4.78 is 38.5. The van der Waals surface area contributed by atoms with Gasteiger partial charge in [0, 0.05) is 18.8 Å². The molecule has 21 heavy (non-hydrogen) atoms. The molecule has 0 bridgehead atoms. The Hall–Kier alpha value is -1.55. The second-order valence-electron chi connectivity index (χ2n) is 5.66. The van der Waals surface area contributed by atoms with Crippen LogP contribution >= 0.6 is 0 Å². The van der Waals surface area contributed by atoms with Gasteiger partial charge in [-0.05, 0) is 46.1 Å². The van der Waals surface area contributed by atoms with Crippen molar-refractivity contribution in [2.45, 2.75) is 64.3 Å². The van der Waals surface area contributed by atoms with Crippen LogP contribution in [0, 0.1) is 11.3 Å². The first-order chi connectivity index (χ1) is 9.66. The largest absolute Gasteiger partial charge is 0.435 e. The van der Waals surface area contributed by atoms with E-state index in [1.54, 1.807) is 0 Å². The normalized spacial score (nSPS) is 15.0. The Bertz CT molecular complexity index is 487. The number of rotatable bonds is 7. The lowest BCUT2D eigenvalue weighted by atomic mass is 9.95. The number of nitriles is 1. The number of hydrogen-bond donors (Lipinski definition) is 1. The maximum Gasteiger partial charge on any atom is 0.435 e. The first-order valence-corrected chi connectivity index (χ1v) is 6.96. The van der Waals surface area contributed by atoms with Gasteiger partial charge in [0.2, 0.25) is 0 Å². The molecule has 1 unspecified atom stereocenters. The number of hydrogen-bond acceptors (Lipinski definition) is 3. The number of nitrogens with zero attached hydrogens (tertiary/aromatic N) is 3. The van der Waals surface area contributed by atoms with Gasteiger partial charge in [-0.25, -0.2) is 0 Å². The molecule has 4 nitrogen and oxygen atoms in total. The predicted octanol–water partition coefficient (Wildman–Crippen LogP) is 3.35. The van der Waals surface area contributed by atoms with Crippen LogP contribution in [0.15, 0.2) is 12.3 Å². The minimum Gasteiger partial charge on any atom is -0.297 e. The molecule has 0 spiro atoms. The Morgan fingerprint density at radius 1 is 1.38 bits per heavy atom. The van der Waals surface area contributed by atoms with Crippen LogP contribution in [0.25, 0.3) is 0 Å². The van der Waals surface area contributed by atoms with E-state index in [0.717, 1.165) is 12.5 Å². The molecule has 7 heteroatoms. The fraction of sp³-hybridized carbons (Fsp3) is 0.714. The second-order valence-corrected chi connectivity index (χ2v) is 5.66. The van der Waals surface area contributed by atoms with Gasteiger partial charge in [0.15, 0.2) is 5.69 Å². The molecule has 0 fully saturated rings. The van der Waals surface area contributed by atoms with Gasteiger partial charge in [-0.3, -0.25) is 10.00 Å². The molecule has 1 N–H and O–H groups in total. The third kappa shape index (κ3) is 5.76. The highest BCUT2D eigenvalue weighted by Crippen LogP contribution is 2.27. The van der Waals surface area contributed by atoms with E-state index in [-0.39, 0.29) is 6.04 Å². The number of aryl methyl sites for hydroxylation is 1. The van der Waals surface area contributed by atoms with Crippen molar-refractivity contribution in [3.63, 3.8) is 0 Å². The van der Waals surface area contributed by atoms with Crippen molar-refractivity contribution in [3.05, 3.63) is 18.0 Å². The van der Waals surface area contributed by atoms with E-state index in [0.29, 0.717) is 19.4 Å². The molecule has 0 aromatic carbocycles. The van der Waals surface area contributed by atoms with E-state index in [2.05, 4.69) is 16.5 Å². The minimum atomic E-state index is -4.40. The first kappa shape index (κ1) is 17.5. The number of halogens is 3. The maximum atomic E-state index is 12.4. The lowest BCUT2D eigenvalue weighted by Crippen LogP contribution is -2.44. The van der Waals surface area contributed by atoms with Gasteiger partial charge in [-0.2, -0.15) is 23.5 Å². The van der Waals surface area contributed by atoms with E-state index < -0.39 is 17.4 Å². The predicted molar refractivity (Wildman–Crippen MR) is 73.4 cm³/mol. The van der Waals surface area contributed by atoms with E-state index in [1.807, 2.05) is 20.8 Å². The molecular weight excluding hydrogens is 281 g/mol. The number of alkyl halides is 3. The molecule has 0 saturated carbocycles. The summed E-state index contributed by atoms with van der Waals surface area (Å²) in [4.78, 5) is 0. The van der Waals surface area contributed by atoms with E-state index in [9.17, 15) is 18.4 Å². The summed E-state index contributed by atoms with van der Waals surface area (Å²) in [6, 6.07) is 3.43. The fourth-order valence-corrected chi connectivity index (χ4v) is 2.19. The standard InChI is InChI=1S/C14H21F3N4/c1-11(2)19-13(3,10-18)7-4-5-8-21-9-6-12(20-21)14(15,16)17/h6,9,11,19H,4-5,7-8H2,1-3H3. The summed E-state index contributed by atoms with van der Waals surface area (Å²) in [5, 5.41) is 15.9. The number of aromatic nitrogens is 2. The van der Waals surface area contributed by atoms with E-state index >= 15 is 0 Å². The van der Waals surface area contributed by atoms with Gasteiger partial charge in [0.25, 0.3) is 0 Å². The lowest BCUT2D eigenvalue weighted by molar-refractivity contribution is -0.141. The highest BCUT2D eigenvalue weighted by atomic mass is 19.4. The van der Waals surface area contributed by atoms with Crippen molar-refractivity contribution < 1.29 is 13.2 Å². The van der Waals surface area contributed by atoms with Gasteiger partial charge < -0.3 is 0 Å². The molecule has 0 aliphatic carbocycles. The topological polar surface area (TPSA) is 53.6 Å². The van der Waals surface area contributed by atoms with Crippen molar-refractivity contribution in [2.75, 3.05) is 0 Å². The summed E-state index contributed by atoms with van der Waals surface area (Å²) in [6.45, 7) is 6.19. The quantitative estimate of drug-likeness (QED) is 0.786. The van der Waals surface area contributed by atoms with Gasteiger partial charge in [-0.15, -0.1) is 0 Å². The van der Waals surface area contributed by atoms with Crippen molar-refractivity contribution in [2.24, 2.45) is 0 Å². The van der Waals surface area contributed by atoms with Crippen molar-refractivity contribution in [1.29, 1.82) is 5.26 Å². The van der Waals surface area contributed by atoms with Crippen molar-refractivity contribution in [3.8, 4) is 6.07 Å². The van der Waals surface area contributed by atoms with E-state index in [1.165, 1.54) is 10.9 Å². The molecule has 1 rings (SSSR count). The van der Waals surface area contributed by atoms with Gasteiger partial charge in [-0.1, -0.05) is 0 Å². The SMILES string of the molecule is CC(C)NC(C)(C#N)CCCCn1ccc(C(F)(F)F)n1. The summed E-state index contributed by atoms with van der Waals surface area (Å²) in [6.07, 6.45) is -0.999. The molecule has 1 aromatic heterocycles. The Balaban J connectivity index is 2.41. The van der Waals surface area contributed by atoms with E-state index in [4.69, 9.17) is 0 Å². The lowest BCUT2D eigenvalue weighted by Gasteiger charge is -2.25. The smallest absolute Gasteiger partial charge is 0.297 e. The minimum absolute atomic E-state index is 0.204. The average molecular weight is 302 g/mol. The molecule has 0 radical (unpaired) electrons. The van der Waals surface area contributed by atoms with Crippen LogP contribution in [-0.2, 0) is 12.7 Å². The molecule has 1 atom stereocenters. The maximum absolute atomic E-state index is 12.4. The van der Waals surface area contributed by atoms with Crippen LogP contribution in [0.4, 0.5) is 13.2 Å². The van der Waals surface area contributed by atoms with Crippen LogP contribution in [0.3, 0.4) is 0 Å². The van der Waals surface area contributed by atoms with Gasteiger partial charge in [0.05, 0.1) is 6.07 Å². The monoisotopic (exact) mass is 302 g/mol. The molecule has 0 aliphatic heterocycles. The number of nitrogens with one attached hydrogen (secondary N) is 1. The highest BCUT2D eigenvalue weighted by molar-refractivity contribution is 5.04. The second kappa shape index (κ2) is 6.94. The summed E-state index contributed by atoms with van der Waals surface area (Å²) in [5.74, 6) is 0. The molecule has 0 amide bonds. The Morgan fingerprint density at radius 3 is 2.52 bits per heavy atom. The third-order valence-electron chi connectivity index (χ3n) is 3.10. The molecule has 118 valence electrons. The Labute approximate surface area is 122 Å². The third-order valence-corrected chi connectivity index (χ3v) is 3.10. The van der Waals surface area contributed by atoms with Crippen LogP contribution < -0.4 is 5.32 Å².